The summed E-state index contributed by atoms with van der Waals surface area (Å²) in [4.78, 5) is 62.1. The summed E-state index contributed by atoms with van der Waals surface area (Å²) < 4.78 is 12.9. The van der Waals surface area contributed by atoms with Crippen LogP contribution in [0.1, 0.15) is 56.3 Å². The van der Waals surface area contributed by atoms with Crippen molar-refractivity contribution in [3.63, 3.8) is 0 Å². The highest BCUT2D eigenvalue weighted by atomic mass is 35.5. The van der Waals surface area contributed by atoms with E-state index in [1.807, 2.05) is 68.5 Å². The van der Waals surface area contributed by atoms with Crippen LogP contribution in [0.3, 0.4) is 0 Å². The number of anilines is 1. The van der Waals surface area contributed by atoms with Crippen molar-refractivity contribution in [1.29, 1.82) is 0 Å². The molecule has 260 valence electrons. The SMILES string of the molecule is Cc1cccc(Cl)c1N1C/C=C\CCC(=O)N(C)[C@H](C)[C@@H](c2ccccc2)OC(=O)[C@@H]2[C@@H]3C=C[C@]4(O3)[C@H](C1=O)N(CCCCCO)C(=O)[C@@H]24. The zero-order valence-corrected chi connectivity index (χ0v) is 28.9. The molecule has 49 heavy (non-hydrogen) atoms. The number of nitrogens with zero attached hydrogens (tertiary/aromatic N) is 3. The second-order valence-corrected chi connectivity index (χ2v) is 13.8. The summed E-state index contributed by atoms with van der Waals surface area (Å²) in [5, 5.41) is 9.78. The Labute approximate surface area is 292 Å². The van der Waals surface area contributed by atoms with Crippen LogP contribution in [0.4, 0.5) is 5.69 Å². The molecule has 0 aliphatic carbocycles. The molecule has 0 radical (unpaired) electrons. The van der Waals surface area contributed by atoms with Crippen molar-refractivity contribution in [2.45, 2.75) is 75.8 Å². The largest absolute Gasteiger partial charge is 0.455 e. The van der Waals surface area contributed by atoms with E-state index in [4.69, 9.17) is 21.1 Å². The fraction of sp³-hybridized carbons (Fsp3) is 0.474. The highest BCUT2D eigenvalue weighted by Gasteiger charge is 2.73. The molecule has 1 N–H and O–H groups in total. The molecule has 4 aliphatic heterocycles. The molecule has 0 unspecified atom stereocenters. The first-order valence-electron chi connectivity index (χ1n) is 17.1. The van der Waals surface area contributed by atoms with Gasteiger partial charge in [-0.2, -0.15) is 0 Å². The number of para-hydroxylation sites is 1. The molecule has 2 fully saturated rings. The summed E-state index contributed by atoms with van der Waals surface area (Å²) in [6.45, 7) is 4.13. The summed E-state index contributed by atoms with van der Waals surface area (Å²) in [5.41, 5.74) is 0.620. The van der Waals surface area contributed by atoms with Crippen molar-refractivity contribution in [2.75, 3.05) is 31.6 Å². The Morgan fingerprint density at radius 2 is 1.76 bits per heavy atom. The van der Waals surface area contributed by atoms with Crippen LogP contribution in [-0.2, 0) is 28.7 Å². The quantitative estimate of drug-likeness (QED) is 0.253. The molecule has 0 saturated carbocycles. The van der Waals surface area contributed by atoms with E-state index < -0.39 is 47.7 Å². The summed E-state index contributed by atoms with van der Waals surface area (Å²) in [6.07, 6.45) is 8.11. The van der Waals surface area contributed by atoms with E-state index in [9.17, 15) is 19.5 Å². The van der Waals surface area contributed by atoms with E-state index in [1.165, 1.54) is 0 Å². The summed E-state index contributed by atoms with van der Waals surface area (Å²) in [6, 6.07) is 13.1. The van der Waals surface area contributed by atoms with Crippen LogP contribution < -0.4 is 4.90 Å². The van der Waals surface area contributed by atoms with Gasteiger partial charge in [0, 0.05) is 33.2 Å². The molecule has 4 aliphatic rings. The lowest BCUT2D eigenvalue weighted by Crippen LogP contribution is -2.56. The smallest absolute Gasteiger partial charge is 0.313 e. The number of carbonyl (C=O) groups excluding carboxylic acids is 4. The summed E-state index contributed by atoms with van der Waals surface area (Å²) >= 11 is 6.75. The molecule has 10 nitrogen and oxygen atoms in total. The van der Waals surface area contributed by atoms with E-state index in [2.05, 4.69) is 0 Å². The third-order valence-corrected chi connectivity index (χ3v) is 10.8. The normalized spacial score (nSPS) is 31.0. The molecular formula is C38H44ClN3O7. The van der Waals surface area contributed by atoms with Crippen LogP contribution in [0.15, 0.2) is 72.8 Å². The second kappa shape index (κ2) is 14.5. The molecule has 1 spiro atoms. The van der Waals surface area contributed by atoms with Crippen LogP contribution in [-0.4, -0.2) is 89.1 Å². The molecule has 2 aromatic carbocycles. The molecule has 0 aromatic heterocycles. The Morgan fingerprint density at radius 1 is 0.980 bits per heavy atom. The van der Waals surface area contributed by atoms with Crippen LogP contribution in [0.2, 0.25) is 5.02 Å². The molecular weight excluding hydrogens is 646 g/mol. The van der Waals surface area contributed by atoms with E-state index in [1.54, 1.807) is 40.0 Å². The Balaban J connectivity index is 1.46. The molecule has 7 atom stereocenters. The highest BCUT2D eigenvalue weighted by Crippen LogP contribution is 2.56. The van der Waals surface area contributed by atoms with Gasteiger partial charge in [-0.1, -0.05) is 78.4 Å². The third-order valence-electron chi connectivity index (χ3n) is 10.5. The van der Waals surface area contributed by atoms with Crippen molar-refractivity contribution in [3.8, 4) is 0 Å². The number of aliphatic hydroxyl groups excluding tert-OH is 1. The number of esters is 1. The Kier molecular flexibility index (Phi) is 10.3. The Morgan fingerprint density at radius 3 is 2.49 bits per heavy atom. The maximum atomic E-state index is 15.0. The summed E-state index contributed by atoms with van der Waals surface area (Å²) in [5.74, 6) is -3.46. The number of ether oxygens (including phenoxy) is 2. The van der Waals surface area contributed by atoms with Gasteiger partial charge in [0.05, 0.1) is 28.8 Å². The molecule has 4 heterocycles. The van der Waals surface area contributed by atoms with Crippen molar-refractivity contribution >= 4 is 41.0 Å². The number of cyclic esters (lactones) is 1. The van der Waals surface area contributed by atoms with E-state index >= 15 is 4.79 Å². The highest BCUT2D eigenvalue weighted by molar-refractivity contribution is 6.34. The number of carbonyl (C=O) groups is 4. The van der Waals surface area contributed by atoms with Gasteiger partial charge in [-0.3, -0.25) is 19.2 Å². The first kappa shape index (κ1) is 34.9. The Hall–Kier alpha value is -3.99. The predicted molar refractivity (Wildman–Crippen MR) is 185 cm³/mol. The maximum Gasteiger partial charge on any atom is 0.313 e. The number of allylic oxidation sites excluding steroid dienone is 1. The number of hydrogen-bond acceptors (Lipinski definition) is 7. The molecule has 11 heteroatoms. The molecule has 5 bridgehead atoms. The van der Waals surface area contributed by atoms with Crippen molar-refractivity contribution in [1.82, 2.24) is 9.80 Å². The van der Waals surface area contributed by atoms with Gasteiger partial charge in [0.1, 0.15) is 23.7 Å². The van der Waals surface area contributed by atoms with E-state index in [0.717, 1.165) is 11.1 Å². The average Bonchev–Trinajstić information content (AvgIpc) is 3.74. The molecule has 2 aromatic rings. The fourth-order valence-electron chi connectivity index (χ4n) is 7.83. The molecule has 3 amide bonds. The van der Waals surface area contributed by atoms with Crippen LogP contribution in [0.25, 0.3) is 0 Å². The van der Waals surface area contributed by atoms with Crippen molar-refractivity contribution in [2.24, 2.45) is 11.8 Å². The Bertz CT molecular complexity index is 1630. The number of amides is 3. The minimum atomic E-state index is -1.40. The number of likely N-dealkylation sites (N-methyl/N-ethyl adjacent to an activating group) is 1. The summed E-state index contributed by atoms with van der Waals surface area (Å²) in [7, 11) is 1.70. The number of halogens is 1. The van der Waals surface area contributed by atoms with Gasteiger partial charge < -0.3 is 29.3 Å². The number of likely N-dealkylation sites (tertiary alicyclic amines) is 1. The van der Waals surface area contributed by atoms with Gasteiger partial charge in [-0.25, -0.2) is 0 Å². The van der Waals surface area contributed by atoms with Gasteiger partial charge in [0.25, 0.3) is 5.91 Å². The number of rotatable bonds is 7. The minimum Gasteiger partial charge on any atom is -0.455 e. The van der Waals surface area contributed by atoms with Gasteiger partial charge in [0.15, 0.2) is 0 Å². The topological polar surface area (TPSA) is 117 Å². The van der Waals surface area contributed by atoms with Crippen LogP contribution in [0.5, 0.6) is 0 Å². The van der Waals surface area contributed by atoms with E-state index in [0.29, 0.717) is 36.4 Å². The van der Waals surface area contributed by atoms with Gasteiger partial charge >= 0.3 is 5.97 Å². The molecule has 2 saturated heterocycles. The lowest BCUT2D eigenvalue weighted by atomic mass is 9.74. The monoisotopic (exact) mass is 689 g/mol. The zero-order valence-electron chi connectivity index (χ0n) is 28.2. The first-order chi connectivity index (χ1) is 23.6. The van der Waals surface area contributed by atoms with Crippen LogP contribution in [0, 0.1) is 18.8 Å². The predicted octanol–water partition coefficient (Wildman–Crippen LogP) is 4.78. The average molecular weight is 690 g/mol. The zero-order chi connectivity index (χ0) is 34.9. The number of aliphatic hydroxyl groups is 1. The number of fused-ring (bicyclic) bond motifs is 2. The van der Waals surface area contributed by atoms with Gasteiger partial charge in [0.2, 0.25) is 11.8 Å². The van der Waals surface area contributed by atoms with Crippen LogP contribution >= 0.6 is 11.6 Å². The first-order valence-corrected chi connectivity index (χ1v) is 17.5. The fourth-order valence-corrected chi connectivity index (χ4v) is 8.16. The van der Waals surface area contributed by atoms with E-state index in [-0.39, 0.29) is 43.8 Å². The number of benzene rings is 2. The number of hydrogen-bond donors (Lipinski definition) is 1. The van der Waals surface area contributed by atoms with Crippen molar-refractivity contribution < 1.29 is 33.8 Å². The van der Waals surface area contributed by atoms with Gasteiger partial charge in [-0.05, 0) is 56.7 Å². The molecule has 6 rings (SSSR count). The second-order valence-electron chi connectivity index (χ2n) is 13.4. The standard InChI is InChI=1S/C38H44ClN3O7/c1-24-14-13-17-27(39)32(24)41-21-10-5-9-18-29(44)40(3)25(2)33(26-15-7-4-8-16-26)48-37(47)30-28-19-20-38(49-28)31(30)35(45)42(34(38)36(41)46)22-11-6-12-23-43/h4-5,7-8,10,13-17,19-20,25,28,30-31,33-34,43H,6,9,11-12,18,21-23H2,1-3H3/b10-5-/t25-,28+,30-,31-,33+,34+,38-/m1/s1. The lowest BCUT2D eigenvalue weighted by Gasteiger charge is -2.36. The van der Waals surface area contributed by atoms with Gasteiger partial charge in [-0.15, -0.1) is 0 Å². The maximum absolute atomic E-state index is 15.0. The minimum absolute atomic E-state index is 0.0258. The number of aryl methyl sites for hydroxylation is 1. The van der Waals surface area contributed by atoms with Crippen molar-refractivity contribution in [3.05, 3.63) is 89.0 Å². The third kappa shape index (κ3) is 6.30. The lowest BCUT2D eigenvalue weighted by molar-refractivity contribution is -0.164. The number of unbranched alkanes of at least 4 members (excludes halogenated alkanes) is 2.